The maximum atomic E-state index is 11.4. The molecule has 0 bridgehead atoms. The topological polar surface area (TPSA) is 17.1 Å². The van der Waals surface area contributed by atoms with Gasteiger partial charge in [0.25, 0.3) is 0 Å². The molecule has 0 radical (unpaired) electrons. The van der Waals surface area contributed by atoms with Crippen molar-refractivity contribution in [3.8, 4) is 0 Å². The second kappa shape index (κ2) is 5.66. The van der Waals surface area contributed by atoms with Crippen molar-refractivity contribution >= 4 is 37.6 Å². The maximum absolute atomic E-state index is 11.4. The van der Waals surface area contributed by atoms with Gasteiger partial charge in [-0.1, -0.05) is 69.1 Å². The molecule has 2 atom stereocenters. The molecular formula is C11H12Br2O. The number of hydrogen-bond donors (Lipinski definition) is 0. The Morgan fingerprint density at radius 1 is 1.29 bits per heavy atom. The molecule has 0 spiro atoms. The predicted molar refractivity (Wildman–Crippen MR) is 66.1 cm³/mol. The van der Waals surface area contributed by atoms with Gasteiger partial charge in [0.15, 0.2) is 0 Å². The zero-order chi connectivity index (χ0) is 10.6. The van der Waals surface area contributed by atoms with Gasteiger partial charge in [-0.3, -0.25) is 4.79 Å². The highest BCUT2D eigenvalue weighted by molar-refractivity contribution is 9.12. The number of benzene rings is 1. The molecule has 1 aromatic carbocycles. The summed E-state index contributed by atoms with van der Waals surface area (Å²) in [6, 6.07) is 9.93. The maximum Gasteiger partial charge on any atom is 0.147 e. The van der Waals surface area contributed by atoms with Crippen molar-refractivity contribution in [1.82, 2.24) is 0 Å². The van der Waals surface area contributed by atoms with Crippen LogP contribution in [0.25, 0.3) is 0 Å². The van der Waals surface area contributed by atoms with Gasteiger partial charge in [0.2, 0.25) is 0 Å². The van der Waals surface area contributed by atoms with E-state index in [4.69, 9.17) is 0 Å². The van der Waals surface area contributed by atoms with E-state index in [9.17, 15) is 4.79 Å². The minimum absolute atomic E-state index is 0.0520. The number of alkyl halides is 2. The molecule has 14 heavy (non-hydrogen) atoms. The Labute approximate surface area is 101 Å². The summed E-state index contributed by atoms with van der Waals surface area (Å²) >= 11 is 6.93. The van der Waals surface area contributed by atoms with Crippen LogP contribution in [0.3, 0.4) is 0 Å². The van der Waals surface area contributed by atoms with Crippen LogP contribution < -0.4 is 0 Å². The normalized spacial score (nSPS) is 14.8. The average molecular weight is 320 g/mol. The second-order valence-electron chi connectivity index (χ2n) is 3.03. The van der Waals surface area contributed by atoms with Gasteiger partial charge in [0.1, 0.15) is 5.78 Å². The molecule has 0 saturated heterocycles. The van der Waals surface area contributed by atoms with Gasteiger partial charge >= 0.3 is 0 Å². The summed E-state index contributed by atoms with van der Waals surface area (Å²) in [5.74, 6) is 0.218. The molecular weight excluding hydrogens is 308 g/mol. The van der Waals surface area contributed by atoms with Crippen LogP contribution in [-0.2, 0) is 4.79 Å². The van der Waals surface area contributed by atoms with E-state index in [1.54, 1.807) is 0 Å². The second-order valence-corrected chi connectivity index (χ2v) is 5.01. The van der Waals surface area contributed by atoms with E-state index in [2.05, 4.69) is 31.9 Å². The van der Waals surface area contributed by atoms with Crippen LogP contribution in [-0.4, -0.2) is 10.6 Å². The highest BCUT2D eigenvalue weighted by atomic mass is 79.9. The van der Waals surface area contributed by atoms with E-state index < -0.39 is 0 Å². The van der Waals surface area contributed by atoms with Crippen molar-refractivity contribution in [2.24, 2.45) is 0 Å². The summed E-state index contributed by atoms with van der Waals surface area (Å²) in [7, 11) is 0. The Bertz CT molecular complexity index is 297. The molecule has 0 fully saturated rings. The first-order valence-corrected chi connectivity index (χ1v) is 6.35. The Morgan fingerprint density at radius 3 is 2.36 bits per heavy atom. The Hall–Kier alpha value is -0.150. The lowest BCUT2D eigenvalue weighted by molar-refractivity contribution is -0.118. The van der Waals surface area contributed by atoms with Crippen molar-refractivity contribution in [2.45, 2.75) is 23.0 Å². The fraction of sp³-hybridized carbons (Fsp3) is 0.364. The fourth-order valence-corrected chi connectivity index (χ4v) is 2.39. The van der Waals surface area contributed by atoms with Crippen molar-refractivity contribution in [2.75, 3.05) is 0 Å². The van der Waals surface area contributed by atoms with E-state index in [0.717, 1.165) is 5.56 Å². The number of Topliss-reactive ketones (excluding diaryl/α,β-unsaturated/α-hetero) is 1. The number of halogens is 2. The number of ketones is 1. The van der Waals surface area contributed by atoms with Crippen LogP contribution in [0, 0.1) is 0 Å². The first-order valence-electron chi connectivity index (χ1n) is 4.52. The zero-order valence-corrected chi connectivity index (χ0v) is 11.1. The van der Waals surface area contributed by atoms with E-state index in [1.807, 2.05) is 37.3 Å². The summed E-state index contributed by atoms with van der Waals surface area (Å²) in [5.41, 5.74) is 1.12. The summed E-state index contributed by atoms with van der Waals surface area (Å²) in [4.78, 5) is 11.4. The molecule has 0 aliphatic heterocycles. The van der Waals surface area contributed by atoms with E-state index in [0.29, 0.717) is 6.42 Å². The van der Waals surface area contributed by atoms with Crippen LogP contribution >= 0.6 is 31.9 Å². The fourth-order valence-electron chi connectivity index (χ4n) is 1.16. The van der Waals surface area contributed by atoms with Crippen LogP contribution in [0.1, 0.15) is 23.7 Å². The van der Waals surface area contributed by atoms with E-state index in [1.165, 1.54) is 0 Å². The number of hydrogen-bond acceptors (Lipinski definition) is 1. The quantitative estimate of drug-likeness (QED) is 0.770. The molecule has 0 saturated carbocycles. The van der Waals surface area contributed by atoms with Gasteiger partial charge in [-0.05, 0) is 5.56 Å². The van der Waals surface area contributed by atoms with E-state index in [-0.39, 0.29) is 15.4 Å². The van der Waals surface area contributed by atoms with Gasteiger partial charge in [-0.15, -0.1) is 0 Å². The van der Waals surface area contributed by atoms with Crippen LogP contribution in [0.15, 0.2) is 30.3 Å². The smallest absolute Gasteiger partial charge is 0.147 e. The zero-order valence-electron chi connectivity index (χ0n) is 7.91. The van der Waals surface area contributed by atoms with Gasteiger partial charge in [0, 0.05) is 6.42 Å². The molecule has 0 amide bonds. The van der Waals surface area contributed by atoms with E-state index >= 15 is 0 Å². The van der Waals surface area contributed by atoms with Gasteiger partial charge < -0.3 is 0 Å². The molecule has 0 N–H and O–H groups in total. The Kier molecular flexibility index (Phi) is 4.82. The SMILES string of the molecule is CCC(=O)[C@@H](Br)[C@H](Br)c1ccccc1. The highest BCUT2D eigenvalue weighted by Gasteiger charge is 2.22. The van der Waals surface area contributed by atoms with Crippen molar-refractivity contribution in [3.63, 3.8) is 0 Å². The summed E-state index contributed by atoms with van der Waals surface area (Å²) < 4.78 is 0. The van der Waals surface area contributed by atoms with Crippen LogP contribution in [0.5, 0.6) is 0 Å². The molecule has 1 nitrogen and oxygen atoms in total. The lowest BCUT2D eigenvalue weighted by atomic mass is 10.1. The highest BCUT2D eigenvalue weighted by Crippen LogP contribution is 2.31. The number of carbonyl (C=O) groups is 1. The molecule has 0 heterocycles. The molecule has 1 aromatic rings. The lowest BCUT2D eigenvalue weighted by Gasteiger charge is -2.15. The van der Waals surface area contributed by atoms with Crippen molar-refractivity contribution in [1.29, 1.82) is 0 Å². The summed E-state index contributed by atoms with van der Waals surface area (Å²) in [5, 5.41) is 0. The first-order chi connectivity index (χ1) is 6.66. The Balaban J connectivity index is 2.75. The van der Waals surface area contributed by atoms with Gasteiger partial charge in [-0.25, -0.2) is 0 Å². The summed E-state index contributed by atoms with van der Waals surface area (Å²) in [6.07, 6.45) is 0.560. The molecule has 76 valence electrons. The van der Waals surface area contributed by atoms with Crippen LogP contribution in [0.4, 0.5) is 0 Å². The monoisotopic (exact) mass is 318 g/mol. The third-order valence-corrected chi connectivity index (χ3v) is 4.84. The third-order valence-electron chi connectivity index (χ3n) is 2.03. The van der Waals surface area contributed by atoms with Crippen molar-refractivity contribution < 1.29 is 4.79 Å². The molecule has 3 heteroatoms. The summed E-state index contributed by atoms with van der Waals surface area (Å²) in [6.45, 7) is 1.88. The predicted octanol–water partition coefficient (Wildman–Crippen LogP) is 3.87. The number of rotatable bonds is 4. The first kappa shape index (κ1) is 11.9. The van der Waals surface area contributed by atoms with Crippen LogP contribution in [0.2, 0.25) is 0 Å². The molecule has 0 aliphatic carbocycles. The largest absolute Gasteiger partial charge is 0.298 e. The molecule has 0 aliphatic rings. The Morgan fingerprint density at radius 2 is 1.86 bits per heavy atom. The minimum atomic E-state index is -0.144. The van der Waals surface area contributed by atoms with Gasteiger partial charge in [-0.2, -0.15) is 0 Å². The lowest BCUT2D eigenvalue weighted by Crippen LogP contribution is -2.17. The molecule has 0 aromatic heterocycles. The standard InChI is InChI=1S/C11H12Br2O/c1-2-9(14)11(13)10(12)8-6-4-3-5-7-8/h3-7,10-11H,2H2,1H3/t10-,11-/m1/s1. The molecule has 1 rings (SSSR count). The van der Waals surface area contributed by atoms with Gasteiger partial charge in [0.05, 0.1) is 9.65 Å². The minimum Gasteiger partial charge on any atom is -0.298 e. The number of carbonyl (C=O) groups excluding carboxylic acids is 1. The third kappa shape index (κ3) is 2.92. The van der Waals surface area contributed by atoms with Crippen molar-refractivity contribution in [3.05, 3.63) is 35.9 Å². The average Bonchev–Trinajstić information content (AvgIpc) is 2.27. The molecule has 0 unspecified atom stereocenters.